The Morgan fingerprint density at radius 3 is 2.61 bits per heavy atom. The molecule has 0 aliphatic carbocycles. The van der Waals surface area contributed by atoms with E-state index in [1.54, 1.807) is 35.2 Å². The van der Waals surface area contributed by atoms with E-state index in [-0.39, 0.29) is 37.4 Å². The van der Waals surface area contributed by atoms with Gasteiger partial charge >= 0.3 is 0 Å². The van der Waals surface area contributed by atoms with Gasteiger partial charge in [-0.3, -0.25) is 19.3 Å². The van der Waals surface area contributed by atoms with Gasteiger partial charge in [-0.2, -0.15) is 0 Å². The van der Waals surface area contributed by atoms with Crippen LogP contribution >= 0.6 is 11.6 Å². The first-order chi connectivity index (χ1) is 15.8. The Kier molecular flexibility index (Phi) is 6.85. The average molecular weight is 472 g/mol. The number of anilines is 1. The molecule has 2 heterocycles. The van der Waals surface area contributed by atoms with E-state index in [1.807, 2.05) is 20.0 Å². The lowest BCUT2D eigenvalue weighted by atomic mass is 10.1. The number of piperazine rings is 1. The molecule has 0 saturated carbocycles. The van der Waals surface area contributed by atoms with Crippen LogP contribution < -0.4 is 14.4 Å². The van der Waals surface area contributed by atoms with Crippen LogP contribution in [0.1, 0.15) is 15.9 Å². The molecule has 4 rings (SSSR count). The maximum absolute atomic E-state index is 12.8. The molecule has 2 aromatic carbocycles. The van der Waals surface area contributed by atoms with E-state index in [2.05, 4.69) is 4.90 Å². The number of hydrogen-bond acceptors (Lipinski definition) is 6. The molecule has 0 bridgehead atoms. The number of rotatable bonds is 6. The summed E-state index contributed by atoms with van der Waals surface area (Å²) in [7, 11) is 2.01. The molecule has 33 heavy (non-hydrogen) atoms. The van der Waals surface area contributed by atoms with Gasteiger partial charge in [0.15, 0.2) is 19.0 Å². The summed E-state index contributed by atoms with van der Waals surface area (Å²) >= 11 is 6.14. The van der Waals surface area contributed by atoms with Crippen molar-refractivity contribution in [2.75, 3.05) is 57.9 Å². The molecule has 1 fully saturated rings. The number of ether oxygens (including phenoxy) is 2. The first-order valence-corrected chi connectivity index (χ1v) is 11.2. The van der Waals surface area contributed by atoms with Gasteiger partial charge in [0.05, 0.1) is 10.7 Å². The molecule has 2 aliphatic rings. The van der Waals surface area contributed by atoms with Gasteiger partial charge in [-0.1, -0.05) is 17.7 Å². The molecule has 0 spiro atoms. The van der Waals surface area contributed by atoms with Crippen LogP contribution in [0.5, 0.6) is 11.5 Å². The fourth-order valence-corrected chi connectivity index (χ4v) is 3.96. The molecule has 9 heteroatoms. The zero-order valence-electron chi connectivity index (χ0n) is 18.7. The van der Waals surface area contributed by atoms with E-state index in [0.29, 0.717) is 40.9 Å². The summed E-state index contributed by atoms with van der Waals surface area (Å²) in [5.74, 6) is 0.162. The summed E-state index contributed by atoms with van der Waals surface area (Å²) in [5, 5.41) is 0.423. The molecule has 2 aliphatic heterocycles. The van der Waals surface area contributed by atoms with E-state index in [0.717, 1.165) is 18.7 Å². The van der Waals surface area contributed by atoms with Crippen LogP contribution in [-0.4, -0.2) is 80.4 Å². The summed E-state index contributed by atoms with van der Waals surface area (Å²) in [6, 6.07) is 10.2. The number of nitrogens with zero attached hydrogens (tertiary/aromatic N) is 3. The predicted octanol–water partition coefficient (Wildman–Crippen LogP) is 2.41. The Morgan fingerprint density at radius 1 is 1.09 bits per heavy atom. The van der Waals surface area contributed by atoms with Crippen LogP contribution in [0.4, 0.5) is 5.69 Å². The van der Waals surface area contributed by atoms with E-state index in [4.69, 9.17) is 21.1 Å². The van der Waals surface area contributed by atoms with E-state index < -0.39 is 0 Å². The van der Waals surface area contributed by atoms with Crippen molar-refractivity contribution in [3.05, 3.63) is 52.5 Å². The zero-order valence-corrected chi connectivity index (χ0v) is 19.4. The number of fused-ring (bicyclic) bond motifs is 1. The number of aryl methyl sites for hydroxylation is 1. The third kappa shape index (κ3) is 5.29. The quantitative estimate of drug-likeness (QED) is 0.602. The molecule has 2 aromatic rings. The second-order valence-electron chi connectivity index (χ2n) is 8.28. The average Bonchev–Trinajstić information content (AvgIpc) is 2.81. The third-order valence-corrected chi connectivity index (χ3v) is 6.13. The summed E-state index contributed by atoms with van der Waals surface area (Å²) in [5.41, 5.74) is 1.73. The minimum absolute atomic E-state index is 0.0913. The number of ketones is 1. The summed E-state index contributed by atoms with van der Waals surface area (Å²) < 4.78 is 11.1. The number of benzene rings is 2. The third-order valence-electron chi connectivity index (χ3n) is 5.82. The molecule has 174 valence electrons. The number of Topliss-reactive ketones (excluding diaryl/α,β-unsaturated/α-hetero) is 1. The van der Waals surface area contributed by atoms with Crippen molar-refractivity contribution in [3.63, 3.8) is 0 Å². The maximum atomic E-state index is 12.8. The number of carbonyl (C=O) groups excluding carboxylic acids is 3. The Bertz CT molecular complexity index is 1080. The summed E-state index contributed by atoms with van der Waals surface area (Å²) in [6.45, 7) is 4.29. The Morgan fingerprint density at radius 2 is 1.85 bits per heavy atom. The van der Waals surface area contributed by atoms with Gasteiger partial charge < -0.3 is 19.3 Å². The minimum Gasteiger partial charge on any atom is -0.484 e. The highest BCUT2D eigenvalue weighted by molar-refractivity contribution is 6.32. The van der Waals surface area contributed by atoms with Crippen LogP contribution in [0.2, 0.25) is 5.02 Å². The van der Waals surface area contributed by atoms with Crippen molar-refractivity contribution >= 4 is 34.9 Å². The first kappa shape index (κ1) is 23.1. The molecule has 0 atom stereocenters. The van der Waals surface area contributed by atoms with Gasteiger partial charge in [0, 0.05) is 31.7 Å². The fourth-order valence-electron chi connectivity index (χ4n) is 3.79. The Balaban J connectivity index is 1.48. The summed E-state index contributed by atoms with van der Waals surface area (Å²) in [4.78, 5) is 43.5. The second kappa shape index (κ2) is 9.80. The standard InChI is InChI=1S/C24H26ClN3O5/c1-16-3-5-18(25)22(11-16)32-14-20(29)17-4-6-21-19(12-17)28(24(31)15-33-21)13-23(30)27-9-7-26(2)8-10-27/h3-6,11-12H,7-10,13-15H2,1-2H3. The molecule has 1 saturated heterocycles. The van der Waals surface area contributed by atoms with Crippen LogP contribution in [0, 0.1) is 6.92 Å². The number of carbonyl (C=O) groups is 3. The van der Waals surface area contributed by atoms with Gasteiger partial charge in [0.25, 0.3) is 5.91 Å². The van der Waals surface area contributed by atoms with Crippen molar-refractivity contribution in [1.82, 2.24) is 9.80 Å². The van der Waals surface area contributed by atoms with Crippen molar-refractivity contribution < 1.29 is 23.9 Å². The molecule has 2 amide bonds. The van der Waals surface area contributed by atoms with Crippen molar-refractivity contribution in [1.29, 1.82) is 0 Å². The van der Waals surface area contributed by atoms with Crippen molar-refractivity contribution in [2.45, 2.75) is 6.92 Å². The molecule has 0 unspecified atom stereocenters. The summed E-state index contributed by atoms with van der Waals surface area (Å²) in [6.07, 6.45) is 0. The van der Waals surface area contributed by atoms with Crippen LogP contribution in [0.3, 0.4) is 0 Å². The lowest BCUT2D eigenvalue weighted by Gasteiger charge is -2.35. The topological polar surface area (TPSA) is 79.4 Å². The van der Waals surface area contributed by atoms with Gasteiger partial charge in [-0.15, -0.1) is 0 Å². The van der Waals surface area contributed by atoms with E-state index in [1.165, 1.54) is 4.90 Å². The smallest absolute Gasteiger partial charge is 0.265 e. The Labute approximate surface area is 197 Å². The lowest BCUT2D eigenvalue weighted by Crippen LogP contribution is -2.52. The molecule has 0 radical (unpaired) electrons. The van der Waals surface area contributed by atoms with Crippen LogP contribution in [0.15, 0.2) is 36.4 Å². The monoisotopic (exact) mass is 471 g/mol. The molecular weight excluding hydrogens is 446 g/mol. The largest absolute Gasteiger partial charge is 0.484 e. The molecule has 8 nitrogen and oxygen atoms in total. The lowest BCUT2D eigenvalue weighted by molar-refractivity contribution is -0.133. The van der Waals surface area contributed by atoms with Gasteiger partial charge in [0.1, 0.15) is 18.0 Å². The highest BCUT2D eigenvalue weighted by atomic mass is 35.5. The fraction of sp³-hybridized carbons (Fsp3) is 0.375. The molecular formula is C24H26ClN3O5. The minimum atomic E-state index is -0.322. The highest BCUT2D eigenvalue weighted by Gasteiger charge is 2.30. The SMILES string of the molecule is Cc1ccc(Cl)c(OCC(=O)c2ccc3c(c2)N(CC(=O)N2CCN(C)CC2)C(=O)CO3)c1. The Hall–Kier alpha value is -3.10. The van der Waals surface area contributed by atoms with Gasteiger partial charge in [-0.05, 0) is 49.9 Å². The first-order valence-electron chi connectivity index (χ1n) is 10.8. The normalized spacial score (nSPS) is 16.3. The van der Waals surface area contributed by atoms with Crippen LogP contribution in [-0.2, 0) is 9.59 Å². The molecule has 0 aromatic heterocycles. The van der Waals surface area contributed by atoms with Crippen LogP contribution in [0.25, 0.3) is 0 Å². The molecule has 0 N–H and O–H groups in total. The number of halogens is 1. The van der Waals surface area contributed by atoms with Gasteiger partial charge in [-0.25, -0.2) is 0 Å². The van der Waals surface area contributed by atoms with E-state index >= 15 is 0 Å². The zero-order chi connectivity index (χ0) is 23.5. The van der Waals surface area contributed by atoms with Gasteiger partial charge in [0.2, 0.25) is 5.91 Å². The predicted molar refractivity (Wildman–Crippen MR) is 124 cm³/mol. The second-order valence-corrected chi connectivity index (χ2v) is 8.69. The van der Waals surface area contributed by atoms with Crippen molar-refractivity contribution in [3.8, 4) is 11.5 Å². The number of hydrogen-bond donors (Lipinski definition) is 0. The highest BCUT2D eigenvalue weighted by Crippen LogP contribution is 2.33. The maximum Gasteiger partial charge on any atom is 0.265 e. The number of amides is 2. The van der Waals surface area contributed by atoms with Crippen molar-refractivity contribution in [2.24, 2.45) is 0 Å². The number of likely N-dealkylation sites (N-methyl/N-ethyl adjacent to an activating group) is 1. The van der Waals surface area contributed by atoms with E-state index in [9.17, 15) is 14.4 Å².